The Morgan fingerprint density at radius 2 is 2.15 bits per heavy atom. The predicted molar refractivity (Wildman–Crippen MR) is 73.6 cm³/mol. The van der Waals surface area contributed by atoms with E-state index >= 15 is 0 Å². The Hall–Kier alpha value is -2.48. The van der Waals surface area contributed by atoms with Gasteiger partial charge in [0.2, 0.25) is 11.8 Å². The van der Waals surface area contributed by atoms with Crippen molar-refractivity contribution in [2.24, 2.45) is 5.73 Å². The molecular weight excluding hydrogens is 330 g/mol. The third-order valence-corrected chi connectivity index (χ3v) is 2.90. The first-order valence-corrected chi connectivity index (χ1v) is 6.14. The van der Waals surface area contributed by atoms with Crippen LogP contribution in [0.15, 0.2) is 41.0 Å². The minimum atomic E-state index is -0.578. The number of amides is 1. The van der Waals surface area contributed by atoms with Crippen molar-refractivity contribution in [2.45, 2.75) is 0 Å². The first kappa shape index (κ1) is 13.9. The number of nitro groups is 1. The van der Waals surface area contributed by atoms with Crippen molar-refractivity contribution in [1.29, 1.82) is 0 Å². The van der Waals surface area contributed by atoms with Crippen LogP contribution in [0.5, 0.6) is 11.6 Å². The lowest BCUT2D eigenvalue weighted by Crippen LogP contribution is -2.10. The molecule has 1 amide bonds. The molecule has 0 saturated carbocycles. The molecule has 7 nitrogen and oxygen atoms in total. The summed E-state index contributed by atoms with van der Waals surface area (Å²) in [6, 6.07) is 7.50. The maximum atomic E-state index is 11.1. The Morgan fingerprint density at radius 1 is 1.40 bits per heavy atom. The maximum absolute atomic E-state index is 11.1. The number of benzene rings is 1. The highest BCUT2D eigenvalue weighted by Crippen LogP contribution is 2.30. The van der Waals surface area contributed by atoms with Crippen LogP contribution < -0.4 is 10.5 Å². The lowest BCUT2D eigenvalue weighted by atomic mass is 10.2. The summed E-state index contributed by atoms with van der Waals surface area (Å²) in [6.07, 6.45) is 1.08. The fraction of sp³-hybridized carbons (Fsp3) is 0. The largest absolute Gasteiger partial charge is 0.438 e. The number of rotatable bonds is 4. The van der Waals surface area contributed by atoms with E-state index in [1.807, 2.05) is 0 Å². The van der Waals surface area contributed by atoms with Gasteiger partial charge in [-0.3, -0.25) is 14.9 Å². The zero-order valence-corrected chi connectivity index (χ0v) is 11.5. The number of aromatic nitrogens is 1. The molecule has 0 radical (unpaired) electrons. The number of halogens is 1. The number of hydrogen-bond acceptors (Lipinski definition) is 5. The molecule has 0 atom stereocenters. The molecule has 0 saturated heterocycles. The van der Waals surface area contributed by atoms with Crippen LogP contribution in [-0.2, 0) is 0 Å². The summed E-state index contributed by atoms with van der Waals surface area (Å²) >= 11 is 3.14. The second kappa shape index (κ2) is 5.66. The van der Waals surface area contributed by atoms with Gasteiger partial charge in [-0.2, -0.15) is 0 Å². The lowest BCUT2D eigenvalue weighted by molar-refractivity contribution is -0.385. The molecule has 0 aliphatic carbocycles. The Bertz CT molecular complexity index is 690. The van der Waals surface area contributed by atoms with Gasteiger partial charge >= 0.3 is 0 Å². The third-order valence-electron chi connectivity index (χ3n) is 2.34. The number of nitrogens with two attached hydrogens (primary N) is 1. The highest BCUT2D eigenvalue weighted by atomic mass is 79.9. The van der Waals surface area contributed by atoms with Crippen LogP contribution in [0, 0.1) is 10.1 Å². The molecule has 1 aromatic heterocycles. The van der Waals surface area contributed by atoms with E-state index in [-0.39, 0.29) is 11.6 Å². The Kier molecular flexibility index (Phi) is 3.94. The van der Waals surface area contributed by atoms with E-state index in [2.05, 4.69) is 20.9 Å². The van der Waals surface area contributed by atoms with Crippen LogP contribution in [0.3, 0.4) is 0 Å². The Labute approximate surface area is 121 Å². The summed E-state index contributed by atoms with van der Waals surface area (Å²) in [4.78, 5) is 24.9. The van der Waals surface area contributed by atoms with Gasteiger partial charge in [0.15, 0.2) is 0 Å². The van der Waals surface area contributed by atoms with Crippen LogP contribution in [0.4, 0.5) is 5.69 Å². The summed E-state index contributed by atoms with van der Waals surface area (Å²) in [5.41, 5.74) is 5.30. The smallest absolute Gasteiger partial charge is 0.288 e. The van der Waals surface area contributed by atoms with Gasteiger partial charge in [0.25, 0.3) is 5.69 Å². The van der Waals surface area contributed by atoms with Gasteiger partial charge in [-0.1, -0.05) is 6.07 Å². The molecule has 2 N–H and O–H groups in total. The molecule has 0 aliphatic heterocycles. The van der Waals surface area contributed by atoms with Crippen LogP contribution in [-0.4, -0.2) is 15.8 Å². The predicted octanol–water partition coefficient (Wildman–Crippen LogP) is 2.64. The third kappa shape index (κ3) is 3.09. The topological polar surface area (TPSA) is 108 Å². The molecular formula is C12H8BrN3O4. The molecule has 102 valence electrons. The minimum absolute atomic E-state index is 0.150. The van der Waals surface area contributed by atoms with Crippen LogP contribution in [0.25, 0.3) is 0 Å². The van der Waals surface area contributed by atoms with Crippen LogP contribution in [0.2, 0.25) is 0 Å². The fourth-order valence-corrected chi connectivity index (χ4v) is 1.83. The average Bonchev–Trinajstić information content (AvgIpc) is 2.41. The van der Waals surface area contributed by atoms with Crippen molar-refractivity contribution in [2.75, 3.05) is 0 Å². The van der Waals surface area contributed by atoms with Gasteiger partial charge in [-0.05, 0) is 34.1 Å². The zero-order chi connectivity index (χ0) is 14.7. The van der Waals surface area contributed by atoms with Crippen molar-refractivity contribution in [3.63, 3.8) is 0 Å². The number of carbonyl (C=O) groups excluding carboxylic acids is 1. The second-order valence-electron chi connectivity index (χ2n) is 3.73. The van der Waals surface area contributed by atoms with E-state index in [1.165, 1.54) is 12.1 Å². The molecule has 8 heteroatoms. The zero-order valence-electron chi connectivity index (χ0n) is 9.95. The number of nitrogens with zero attached hydrogens (tertiary/aromatic N) is 2. The van der Waals surface area contributed by atoms with E-state index in [1.54, 1.807) is 18.2 Å². The van der Waals surface area contributed by atoms with Gasteiger partial charge in [0, 0.05) is 11.6 Å². The Balaban J connectivity index is 2.28. The van der Waals surface area contributed by atoms with Crippen molar-refractivity contribution < 1.29 is 14.5 Å². The maximum Gasteiger partial charge on any atom is 0.288 e. The number of primary amides is 1. The van der Waals surface area contributed by atoms with Crippen molar-refractivity contribution >= 4 is 27.5 Å². The summed E-state index contributed by atoms with van der Waals surface area (Å²) in [6.45, 7) is 0. The lowest BCUT2D eigenvalue weighted by Gasteiger charge is -2.07. The van der Waals surface area contributed by atoms with Crippen molar-refractivity contribution in [3.05, 3.63) is 56.7 Å². The summed E-state index contributed by atoms with van der Waals surface area (Å²) in [5, 5.41) is 10.6. The van der Waals surface area contributed by atoms with Gasteiger partial charge < -0.3 is 10.5 Å². The van der Waals surface area contributed by atoms with Crippen molar-refractivity contribution in [1.82, 2.24) is 4.98 Å². The normalized spacial score (nSPS) is 10.1. The summed E-state index contributed by atoms with van der Waals surface area (Å²) in [7, 11) is 0. The van der Waals surface area contributed by atoms with Gasteiger partial charge in [-0.15, -0.1) is 0 Å². The van der Waals surface area contributed by atoms with E-state index in [0.717, 1.165) is 6.20 Å². The number of pyridine rings is 1. The van der Waals surface area contributed by atoms with Gasteiger partial charge in [0.05, 0.1) is 9.40 Å². The van der Waals surface area contributed by atoms with E-state index in [4.69, 9.17) is 10.5 Å². The molecule has 1 heterocycles. The highest BCUT2D eigenvalue weighted by Gasteiger charge is 2.12. The summed E-state index contributed by atoms with van der Waals surface area (Å²) < 4.78 is 5.78. The monoisotopic (exact) mass is 337 g/mol. The SMILES string of the molecule is NC(=O)c1cccc(Oc2ncc([N+](=O)[O-])cc2Br)c1. The molecule has 2 rings (SSSR count). The Morgan fingerprint density at radius 3 is 2.75 bits per heavy atom. The number of hydrogen-bond donors (Lipinski definition) is 1. The van der Waals surface area contributed by atoms with E-state index in [9.17, 15) is 14.9 Å². The molecule has 2 aromatic rings. The molecule has 0 aliphatic rings. The number of ether oxygens (including phenoxy) is 1. The first-order chi connectivity index (χ1) is 9.47. The molecule has 0 bridgehead atoms. The fourth-order valence-electron chi connectivity index (χ4n) is 1.41. The van der Waals surface area contributed by atoms with Crippen molar-refractivity contribution in [3.8, 4) is 11.6 Å². The minimum Gasteiger partial charge on any atom is -0.438 e. The molecule has 0 fully saturated rings. The van der Waals surface area contributed by atoms with Gasteiger partial charge in [-0.25, -0.2) is 4.98 Å². The first-order valence-electron chi connectivity index (χ1n) is 5.35. The van der Waals surface area contributed by atoms with Gasteiger partial charge in [0.1, 0.15) is 11.9 Å². The molecule has 0 unspecified atom stereocenters. The average molecular weight is 338 g/mol. The highest BCUT2D eigenvalue weighted by molar-refractivity contribution is 9.10. The second-order valence-corrected chi connectivity index (χ2v) is 4.59. The quantitative estimate of drug-likeness (QED) is 0.681. The van der Waals surface area contributed by atoms with E-state index < -0.39 is 10.8 Å². The standard InChI is InChI=1S/C12H8BrN3O4/c13-10-5-8(16(18)19)6-15-12(10)20-9-3-1-2-7(4-9)11(14)17/h1-6H,(H2,14,17). The number of carbonyl (C=O) groups is 1. The molecule has 0 spiro atoms. The van der Waals surface area contributed by atoms with Crippen LogP contribution in [0.1, 0.15) is 10.4 Å². The van der Waals surface area contributed by atoms with E-state index in [0.29, 0.717) is 15.8 Å². The summed E-state index contributed by atoms with van der Waals surface area (Å²) in [5.74, 6) is -0.0771. The molecule has 1 aromatic carbocycles. The van der Waals surface area contributed by atoms with Crippen LogP contribution >= 0.6 is 15.9 Å². The molecule has 20 heavy (non-hydrogen) atoms.